The zero-order valence-corrected chi connectivity index (χ0v) is 14.7. The molecule has 110 valence electrons. The van der Waals surface area contributed by atoms with Crippen LogP contribution >= 0.6 is 33.9 Å². The smallest absolute Gasteiger partial charge is 0.251 e. The van der Waals surface area contributed by atoms with Gasteiger partial charge in [-0.2, -0.15) is 0 Å². The predicted octanol–water partition coefficient (Wildman–Crippen LogP) is 5.01. The summed E-state index contributed by atoms with van der Waals surface area (Å²) in [7, 11) is 0. The summed E-state index contributed by atoms with van der Waals surface area (Å²) in [6.45, 7) is 0. The monoisotopic (exact) mass is 411 g/mol. The highest BCUT2D eigenvalue weighted by Crippen LogP contribution is 2.37. The first-order valence-electron chi connectivity index (χ1n) is 7.34. The molecule has 1 fully saturated rings. The van der Waals surface area contributed by atoms with Gasteiger partial charge in [0.15, 0.2) is 0 Å². The van der Waals surface area contributed by atoms with Crippen molar-refractivity contribution in [3.05, 3.63) is 55.8 Å². The normalized spacial score (nSPS) is 16.8. The van der Waals surface area contributed by atoms with E-state index in [-0.39, 0.29) is 11.9 Å². The van der Waals surface area contributed by atoms with E-state index in [2.05, 4.69) is 45.4 Å². The fourth-order valence-corrected chi connectivity index (χ4v) is 4.24. The Bertz CT molecular complexity index is 588. The zero-order valence-electron chi connectivity index (χ0n) is 11.7. The fourth-order valence-electron chi connectivity index (χ4n) is 3.01. The summed E-state index contributed by atoms with van der Waals surface area (Å²) in [5, 5.41) is 5.36. The second-order valence-electron chi connectivity index (χ2n) is 5.52. The molecule has 1 aliphatic carbocycles. The van der Waals surface area contributed by atoms with Crippen LogP contribution in [-0.4, -0.2) is 5.91 Å². The molecule has 2 aromatic rings. The number of amides is 1. The minimum Gasteiger partial charge on any atom is -0.344 e. The summed E-state index contributed by atoms with van der Waals surface area (Å²) in [6, 6.07) is 12.1. The van der Waals surface area contributed by atoms with Gasteiger partial charge in [-0.25, -0.2) is 0 Å². The van der Waals surface area contributed by atoms with Gasteiger partial charge >= 0.3 is 0 Å². The summed E-state index contributed by atoms with van der Waals surface area (Å²) in [4.78, 5) is 13.8. The van der Waals surface area contributed by atoms with Gasteiger partial charge in [0.05, 0.1) is 6.04 Å². The van der Waals surface area contributed by atoms with Gasteiger partial charge in [-0.3, -0.25) is 4.79 Å². The number of hydrogen-bond donors (Lipinski definition) is 1. The molecule has 2 nitrogen and oxygen atoms in total. The van der Waals surface area contributed by atoms with E-state index in [1.165, 1.54) is 30.6 Å². The molecule has 1 amide bonds. The molecular formula is C17H18INOS. The minimum atomic E-state index is 0.0386. The van der Waals surface area contributed by atoms with Crippen LogP contribution in [0.15, 0.2) is 41.8 Å². The van der Waals surface area contributed by atoms with Crippen LogP contribution in [0.3, 0.4) is 0 Å². The second kappa shape index (κ2) is 6.92. The summed E-state index contributed by atoms with van der Waals surface area (Å²) in [5.41, 5.74) is 0.745. The Morgan fingerprint density at radius 2 is 1.90 bits per heavy atom. The SMILES string of the molecule is O=C(NC(c1cccs1)C1CCCC1)c1ccc(I)cc1. The molecule has 1 N–H and O–H groups in total. The molecule has 0 radical (unpaired) electrons. The third kappa shape index (κ3) is 3.66. The number of thiophene rings is 1. The fraction of sp³-hybridized carbons (Fsp3) is 0.353. The third-order valence-electron chi connectivity index (χ3n) is 4.11. The van der Waals surface area contributed by atoms with Crippen LogP contribution in [-0.2, 0) is 0 Å². The van der Waals surface area contributed by atoms with Gasteiger partial charge in [0.25, 0.3) is 5.91 Å². The Balaban J connectivity index is 1.77. The first-order chi connectivity index (χ1) is 10.2. The average molecular weight is 411 g/mol. The Kier molecular flexibility index (Phi) is 4.95. The van der Waals surface area contributed by atoms with Crippen molar-refractivity contribution < 1.29 is 4.79 Å². The molecule has 1 heterocycles. The van der Waals surface area contributed by atoms with Gasteiger partial charge in [0.1, 0.15) is 0 Å². The van der Waals surface area contributed by atoms with E-state index < -0.39 is 0 Å². The largest absolute Gasteiger partial charge is 0.344 e. The molecule has 1 saturated carbocycles. The third-order valence-corrected chi connectivity index (χ3v) is 5.79. The van der Waals surface area contributed by atoms with Gasteiger partial charge in [-0.05, 0) is 77.1 Å². The summed E-state index contributed by atoms with van der Waals surface area (Å²) < 4.78 is 1.15. The lowest BCUT2D eigenvalue weighted by molar-refractivity contribution is 0.0923. The number of nitrogens with one attached hydrogen (secondary N) is 1. The molecule has 0 saturated heterocycles. The van der Waals surface area contributed by atoms with Gasteiger partial charge in [-0.15, -0.1) is 11.3 Å². The van der Waals surface area contributed by atoms with Crippen molar-refractivity contribution in [2.45, 2.75) is 31.7 Å². The second-order valence-corrected chi connectivity index (χ2v) is 7.74. The van der Waals surface area contributed by atoms with Crippen LogP contribution in [0.2, 0.25) is 0 Å². The molecule has 1 atom stereocenters. The molecule has 21 heavy (non-hydrogen) atoms. The van der Waals surface area contributed by atoms with Crippen molar-refractivity contribution in [2.75, 3.05) is 0 Å². The Hall–Kier alpha value is -0.880. The topological polar surface area (TPSA) is 29.1 Å². The van der Waals surface area contributed by atoms with Crippen LogP contribution < -0.4 is 5.32 Å². The predicted molar refractivity (Wildman–Crippen MR) is 95.6 cm³/mol. The highest BCUT2D eigenvalue weighted by Gasteiger charge is 2.28. The van der Waals surface area contributed by atoms with Gasteiger partial charge in [-0.1, -0.05) is 18.9 Å². The van der Waals surface area contributed by atoms with E-state index in [9.17, 15) is 4.79 Å². The molecule has 4 heteroatoms. The van der Waals surface area contributed by atoms with Crippen LogP contribution in [0.1, 0.15) is 47.0 Å². The van der Waals surface area contributed by atoms with E-state index >= 15 is 0 Å². The number of halogens is 1. The molecule has 0 bridgehead atoms. The van der Waals surface area contributed by atoms with Gasteiger partial charge < -0.3 is 5.32 Å². The standard InChI is InChI=1S/C17H18INOS/c18-14-9-7-13(8-10-14)17(20)19-16(12-4-1-2-5-12)15-6-3-11-21-15/h3,6-12,16H,1-2,4-5H2,(H,19,20). The lowest BCUT2D eigenvalue weighted by atomic mass is 9.96. The first-order valence-corrected chi connectivity index (χ1v) is 9.30. The summed E-state index contributed by atoms with van der Waals surface area (Å²) >= 11 is 4.00. The van der Waals surface area contributed by atoms with Crippen molar-refractivity contribution in [1.29, 1.82) is 0 Å². The molecule has 1 aliphatic rings. The molecular weight excluding hydrogens is 393 g/mol. The van der Waals surface area contributed by atoms with Crippen LogP contribution in [0, 0.1) is 9.49 Å². The van der Waals surface area contributed by atoms with Crippen molar-refractivity contribution in [1.82, 2.24) is 5.32 Å². The lowest BCUT2D eigenvalue weighted by Gasteiger charge is -2.23. The maximum absolute atomic E-state index is 12.5. The van der Waals surface area contributed by atoms with E-state index in [1.54, 1.807) is 11.3 Å². The summed E-state index contributed by atoms with van der Waals surface area (Å²) in [6.07, 6.45) is 5.00. The van der Waals surface area contributed by atoms with Crippen molar-refractivity contribution in [3.8, 4) is 0 Å². The number of hydrogen-bond acceptors (Lipinski definition) is 2. The minimum absolute atomic E-state index is 0.0386. The lowest BCUT2D eigenvalue weighted by Crippen LogP contribution is -2.32. The Labute approximate surface area is 143 Å². The van der Waals surface area contributed by atoms with E-state index in [0.29, 0.717) is 5.92 Å². The molecule has 1 unspecified atom stereocenters. The quantitative estimate of drug-likeness (QED) is 0.704. The molecule has 0 aliphatic heterocycles. The molecule has 1 aromatic carbocycles. The van der Waals surface area contributed by atoms with E-state index in [1.807, 2.05) is 24.3 Å². The molecule has 0 spiro atoms. The zero-order chi connectivity index (χ0) is 14.7. The maximum atomic E-state index is 12.5. The molecule has 1 aromatic heterocycles. The molecule has 3 rings (SSSR count). The Morgan fingerprint density at radius 1 is 1.19 bits per heavy atom. The number of benzene rings is 1. The summed E-state index contributed by atoms with van der Waals surface area (Å²) in [5.74, 6) is 0.619. The highest BCUT2D eigenvalue weighted by atomic mass is 127. The van der Waals surface area contributed by atoms with Gasteiger partial charge in [0, 0.05) is 14.0 Å². The number of carbonyl (C=O) groups is 1. The van der Waals surface area contributed by atoms with Crippen molar-refractivity contribution >= 4 is 39.8 Å². The Morgan fingerprint density at radius 3 is 2.52 bits per heavy atom. The number of carbonyl (C=O) groups excluding carboxylic acids is 1. The highest BCUT2D eigenvalue weighted by molar-refractivity contribution is 14.1. The van der Waals surface area contributed by atoms with Crippen LogP contribution in [0.5, 0.6) is 0 Å². The van der Waals surface area contributed by atoms with Crippen molar-refractivity contribution in [3.63, 3.8) is 0 Å². The van der Waals surface area contributed by atoms with E-state index in [0.717, 1.165) is 9.13 Å². The van der Waals surface area contributed by atoms with E-state index in [4.69, 9.17) is 0 Å². The van der Waals surface area contributed by atoms with Crippen molar-refractivity contribution in [2.24, 2.45) is 5.92 Å². The van der Waals surface area contributed by atoms with Gasteiger partial charge in [0.2, 0.25) is 0 Å². The van der Waals surface area contributed by atoms with Crippen LogP contribution in [0.25, 0.3) is 0 Å². The average Bonchev–Trinajstić information content (AvgIpc) is 3.19. The van der Waals surface area contributed by atoms with Crippen LogP contribution in [0.4, 0.5) is 0 Å². The maximum Gasteiger partial charge on any atom is 0.251 e. The number of rotatable bonds is 4. The first kappa shape index (κ1) is 15.0.